The highest BCUT2D eigenvalue weighted by Crippen LogP contribution is 2.29. The first kappa shape index (κ1) is 14.5. The van der Waals surface area contributed by atoms with Crippen molar-refractivity contribution < 1.29 is 9.13 Å². The van der Waals surface area contributed by atoms with Crippen LogP contribution in [0.2, 0.25) is 0 Å². The molecule has 0 saturated carbocycles. The van der Waals surface area contributed by atoms with Crippen molar-refractivity contribution in [2.45, 2.75) is 19.4 Å². The van der Waals surface area contributed by atoms with Gasteiger partial charge in [0.1, 0.15) is 11.6 Å². The van der Waals surface area contributed by atoms with Gasteiger partial charge in [-0.05, 0) is 30.2 Å². The fourth-order valence-electron chi connectivity index (χ4n) is 2.08. The smallest absolute Gasteiger partial charge is 0.124 e. The van der Waals surface area contributed by atoms with E-state index in [2.05, 4.69) is 12.3 Å². The molecule has 2 aromatic carbocycles. The van der Waals surface area contributed by atoms with Gasteiger partial charge in [0.15, 0.2) is 0 Å². The van der Waals surface area contributed by atoms with Gasteiger partial charge in [0.2, 0.25) is 0 Å². The van der Waals surface area contributed by atoms with Crippen molar-refractivity contribution in [1.82, 2.24) is 5.43 Å². The Bertz CT molecular complexity index is 542. The third-order valence-electron chi connectivity index (χ3n) is 3.06. The lowest BCUT2D eigenvalue weighted by Gasteiger charge is -2.20. The summed E-state index contributed by atoms with van der Waals surface area (Å²) in [5.41, 5.74) is 4.60. The van der Waals surface area contributed by atoms with E-state index >= 15 is 0 Å². The van der Waals surface area contributed by atoms with Crippen LogP contribution in [0.25, 0.3) is 0 Å². The topological polar surface area (TPSA) is 47.3 Å². The first-order valence-corrected chi connectivity index (χ1v) is 6.69. The Labute approximate surface area is 118 Å². The summed E-state index contributed by atoms with van der Waals surface area (Å²) < 4.78 is 18.8. The zero-order valence-electron chi connectivity index (χ0n) is 11.5. The minimum Gasteiger partial charge on any atom is -0.493 e. The number of nitrogens with one attached hydrogen (secondary N) is 1. The molecular formula is C16H19FN2O. The molecule has 0 saturated heterocycles. The summed E-state index contributed by atoms with van der Waals surface area (Å²) in [6, 6.07) is 13.8. The summed E-state index contributed by atoms with van der Waals surface area (Å²) in [4.78, 5) is 0. The van der Waals surface area contributed by atoms with E-state index < -0.39 is 0 Å². The van der Waals surface area contributed by atoms with Crippen LogP contribution in [-0.4, -0.2) is 6.61 Å². The van der Waals surface area contributed by atoms with Crippen LogP contribution in [0, 0.1) is 5.82 Å². The van der Waals surface area contributed by atoms with Crippen molar-refractivity contribution in [3.63, 3.8) is 0 Å². The molecule has 0 amide bonds. The van der Waals surface area contributed by atoms with Gasteiger partial charge in [0.25, 0.3) is 0 Å². The first-order valence-electron chi connectivity index (χ1n) is 6.69. The summed E-state index contributed by atoms with van der Waals surface area (Å²) >= 11 is 0. The predicted octanol–water partition coefficient (Wildman–Crippen LogP) is 3.17. The highest BCUT2D eigenvalue weighted by Gasteiger charge is 2.16. The summed E-state index contributed by atoms with van der Waals surface area (Å²) in [5, 5.41) is 0. The van der Waals surface area contributed by atoms with Crippen molar-refractivity contribution in [2.24, 2.45) is 5.84 Å². The lowest BCUT2D eigenvalue weighted by atomic mass is 9.98. The number of nitrogens with two attached hydrogens (primary N) is 1. The van der Waals surface area contributed by atoms with E-state index in [4.69, 9.17) is 10.6 Å². The predicted molar refractivity (Wildman–Crippen MR) is 77.8 cm³/mol. The first-order chi connectivity index (χ1) is 9.76. The molecule has 3 N–H and O–H groups in total. The highest BCUT2D eigenvalue weighted by molar-refractivity contribution is 5.41. The van der Waals surface area contributed by atoms with E-state index in [1.54, 1.807) is 12.1 Å². The summed E-state index contributed by atoms with van der Waals surface area (Å²) in [6.07, 6.45) is 0.936. The normalized spacial score (nSPS) is 12.2. The third-order valence-corrected chi connectivity index (χ3v) is 3.06. The molecular weight excluding hydrogens is 255 g/mol. The van der Waals surface area contributed by atoms with Gasteiger partial charge in [-0.15, -0.1) is 0 Å². The molecule has 0 aromatic heterocycles. The molecule has 0 spiro atoms. The standard InChI is InChI=1S/C16H19FN2O/c1-2-11-20-15-6-4-3-5-14(15)16(19-18)12-7-9-13(17)10-8-12/h3-10,16,19H,2,11,18H2,1H3. The second-order valence-electron chi connectivity index (χ2n) is 4.54. The Morgan fingerprint density at radius 1 is 1.15 bits per heavy atom. The van der Waals surface area contributed by atoms with Gasteiger partial charge in [-0.25, -0.2) is 9.82 Å². The number of ether oxygens (including phenoxy) is 1. The Balaban J connectivity index is 2.33. The van der Waals surface area contributed by atoms with Gasteiger partial charge in [0, 0.05) is 5.56 Å². The van der Waals surface area contributed by atoms with Gasteiger partial charge in [-0.2, -0.15) is 0 Å². The molecule has 3 nitrogen and oxygen atoms in total. The Morgan fingerprint density at radius 3 is 2.50 bits per heavy atom. The highest BCUT2D eigenvalue weighted by atomic mass is 19.1. The Morgan fingerprint density at radius 2 is 1.85 bits per heavy atom. The minimum absolute atomic E-state index is 0.233. The fourth-order valence-corrected chi connectivity index (χ4v) is 2.08. The van der Waals surface area contributed by atoms with Crippen LogP contribution in [0.3, 0.4) is 0 Å². The molecule has 0 heterocycles. The summed E-state index contributed by atoms with van der Waals surface area (Å²) in [5.74, 6) is 6.20. The Hall–Kier alpha value is -1.91. The molecule has 0 aliphatic carbocycles. The van der Waals surface area contributed by atoms with E-state index in [1.807, 2.05) is 24.3 Å². The maximum atomic E-state index is 13.0. The number of hydrogen-bond acceptors (Lipinski definition) is 3. The van der Waals surface area contributed by atoms with Crippen LogP contribution in [0.1, 0.15) is 30.5 Å². The van der Waals surface area contributed by atoms with Crippen LogP contribution in [0.4, 0.5) is 4.39 Å². The third kappa shape index (κ3) is 3.35. The van der Waals surface area contributed by atoms with E-state index in [-0.39, 0.29) is 11.9 Å². The van der Waals surface area contributed by atoms with Crippen LogP contribution in [0.5, 0.6) is 5.75 Å². The maximum absolute atomic E-state index is 13.0. The molecule has 0 aliphatic rings. The second-order valence-corrected chi connectivity index (χ2v) is 4.54. The molecule has 0 aliphatic heterocycles. The molecule has 106 valence electrons. The average Bonchev–Trinajstić information content (AvgIpc) is 2.49. The average molecular weight is 274 g/mol. The van der Waals surface area contributed by atoms with Crippen molar-refractivity contribution in [3.8, 4) is 5.75 Å². The van der Waals surface area contributed by atoms with Gasteiger partial charge >= 0.3 is 0 Å². The van der Waals surface area contributed by atoms with Crippen LogP contribution >= 0.6 is 0 Å². The van der Waals surface area contributed by atoms with Gasteiger partial charge in [-0.3, -0.25) is 5.84 Å². The van der Waals surface area contributed by atoms with Gasteiger partial charge in [0.05, 0.1) is 12.6 Å². The van der Waals surface area contributed by atoms with E-state index in [9.17, 15) is 4.39 Å². The van der Waals surface area contributed by atoms with Crippen molar-refractivity contribution in [1.29, 1.82) is 0 Å². The lowest BCUT2D eigenvalue weighted by molar-refractivity contribution is 0.311. The number of hydrazine groups is 1. The summed E-state index contributed by atoms with van der Waals surface area (Å²) in [6.45, 7) is 2.71. The molecule has 20 heavy (non-hydrogen) atoms. The van der Waals surface area contributed by atoms with Crippen LogP contribution in [-0.2, 0) is 0 Å². The number of rotatable bonds is 6. The molecule has 0 bridgehead atoms. The number of para-hydroxylation sites is 1. The molecule has 0 radical (unpaired) electrons. The number of halogens is 1. The summed E-state index contributed by atoms with van der Waals surface area (Å²) in [7, 11) is 0. The SMILES string of the molecule is CCCOc1ccccc1C(NN)c1ccc(F)cc1. The van der Waals surface area contributed by atoms with E-state index in [0.717, 1.165) is 23.3 Å². The zero-order chi connectivity index (χ0) is 14.4. The fraction of sp³-hybridized carbons (Fsp3) is 0.250. The van der Waals surface area contributed by atoms with Gasteiger partial charge in [-0.1, -0.05) is 37.3 Å². The number of hydrogen-bond donors (Lipinski definition) is 2. The van der Waals surface area contributed by atoms with Crippen LogP contribution < -0.4 is 16.0 Å². The molecule has 2 rings (SSSR count). The molecule has 1 unspecified atom stereocenters. The lowest BCUT2D eigenvalue weighted by Crippen LogP contribution is -2.29. The molecule has 2 aromatic rings. The monoisotopic (exact) mass is 274 g/mol. The molecule has 4 heteroatoms. The largest absolute Gasteiger partial charge is 0.493 e. The van der Waals surface area contributed by atoms with Crippen molar-refractivity contribution >= 4 is 0 Å². The van der Waals surface area contributed by atoms with Crippen molar-refractivity contribution in [2.75, 3.05) is 6.61 Å². The second kappa shape index (κ2) is 7.03. The minimum atomic E-state index is -0.264. The molecule has 1 atom stereocenters. The van der Waals surface area contributed by atoms with E-state index in [0.29, 0.717) is 6.61 Å². The quantitative estimate of drug-likeness (QED) is 0.628. The number of benzene rings is 2. The van der Waals surface area contributed by atoms with Crippen molar-refractivity contribution in [3.05, 3.63) is 65.5 Å². The Kier molecular flexibility index (Phi) is 5.09. The van der Waals surface area contributed by atoms with E-state index in [1.165, 1.54) is 12.1 Å². The molecule has 0 fully saturated rings. The van der Waals surface area contributed by atoms with Crippen LogP contribution in [0.15, 0.2) is 48.5 Å². The zero-order valence-corrected chi connectivity index (χ0v) is 11.5. The maximum Gasteiger partial charge on any atom is 0.124 e. The van der Waals surface area contributed by atoms with Gasteiger partial charge < -0.3 is 4.74 Å².